The van der Waals surface area contributed by atoms with E-state index in [0.717, 1.165) is 34.5 Å². The summed E-state index contributed by atoms with van der Waals surface area (Å²) < 4.78 is 6.74. The van der Waals surface area contributed by atoms with Gasteiger partial charge in [0.25, 0.3) is 5.91 Å². The minimum Gasteiger partial charge on any atom is -0.492 e. The molecule has 0 radical (unpaired) electrons. The first kappa shape index (κ1) is 21.0. The summed E-state index contributed by atoms with van der Waals surface area (Å²) in [7, 11) is 4.24. The molecule has 0 aliphatic carbocycles. The van der Waals surface area contributed by atoms with Gasteiger partial charge in [0.1, 0.15) is 11.3 Å². The first-order valence-corrected chi connectivity index (χ1v) is 10.8. The maximum absolute atomic E-state index is 13.0. The van der Waals surface area contributed by atoms with Crippen LogP contribution in [0.15, 0.2) is 54.6 Å². The van der Waals surface area contributed by atoms with E-state index in [2.05, 4.69) is 14.1 Å². The van der Waals surface area contributed by atoms with Gasteiger partial charge in [-0.2, -0.15) is 0 Å². The lowest BCUT2D eigenvalue weighted by atomic mass is 10.2. The number of aromatic nitrogens is 1. The first-order chi connectivity index (χ1) is 14.1. The Morgan fingerprint density at radius 2 is 1.97 bits per heavy atom. The van der Waals surface area contributed by atoms with E-state index in [-0.39, 0.29) is 5.91 Å². The van der Waals surface area contributed by atoms with E-state index in [0.29, 0.717) is 18.3 Å². The maximum Gasteiger partial charge on any atom is 0.252 e. The van der Waals surface area contributed by atoms with E-state index in [1.807, 2.05) is 61.5 Å². The highest BCUT2D eigenvalue weighted by atomic mass is 32.1. The number of rotatable bonds is 9. The predicted molar refractivity (Wildman–Crippen MR) is 121 cm³/mol. The van der Waals surface area contributed by atoms with Crippen molar-refractivity contribution in [2.24, 2.45) is 0 Å². The summed E-state index contributed by atoms with van der Waals surface area (Å²) >= 11 is 1.53. The van der Waals surface area contributed by atoms with Gasteiger partial charge in [-0.15, -0.1) is 0 Å². The highest BCUT2D eigenvalue weighted by Gasteiger charge is 2.19. The number of fused-ring (bicyclic) bond motifs is 1. The van der Waals surface area contributed by atoms with E-state index in [1.54, 1.807) is 11.0 Å². The van der Waals surface area contributed by atoms with Gasteiger partial charge < -0.3 is 9.64 Å². The maximum atomic E-state index is 13.0. The Labute approximate surface area is 176 Å². The fourth-order valence-corrected chi connectivity index (χ4v) is 4.03. The van der Waals surface area contributed by atoms with Crippen LogP contribution in [0.5, 0.6) is 5.75 Å². The van der Waals surface area contributed by atoms with Crippen LogP contribution < -0.4 is 14.5 Å². The molecule has 3 rings (SSSR count). The van der Waals surface area contributed by atoms with Crippen LogP contribution in [0.1, 0.15) is 18.9 Å². The number of para-hydroxylation sites is 1. The molecule has 1 N–H and O–H groups in total. The number of anilines is 1. The number of hydrogen-bond acceptors (Lipinski definition) is 4. The Morgan fingerprint density at radius 1 is 1.17 bits per heavy atom. The molecule has 2 aromatic carbocycles. The van der Waals surface area contributed by atoms with Crippen LogP contribution in [0.25, 0.3) is 16.3 Å². The number of hydrogen-bond donors (Lipinski definition) is 1. The third-order valence-corrected chi connectivity index (χ3v) is 5.49. The Balaban J connectivity index is 1.88. The largest absolute Gasteiger partial charge is 0.492 e. The molecule has 0 aliphatic heterocycles. The van der Waals surface area contributed by atoms with Gasteiger partial charge in [-0.25, -0.2) is 4.98 Å². The summed E-state index contributed by atoms with van der Waals surface area (Å²) in [6.07, 6.45) is 4.39. The molecule has 6 heteroatoms. The summed E-state index contributed by atoms with van der Waals surface area (Å²) in [5.74, 6) is 0.706. The molecule has 0 atom stereocenters. The number of quaternary nitrogens is 1. The minimum atomic E-state index is -0.0559. The Kier molecular flexibility index (Phi) is 7.38. The number of carbonyl (C=O) groups excluding carboxylic acids is 1. The Hall–Kier alpha value is -2.70. The molecule has 1 heterocycles. The number of carbonyl (C=O) groups is 1. The number of nitrogens with one attached hydrogen (secondary N) is 1. The van der Waals surface area contributed by atoms with Crippen LogP contribution in [-0.4, -0.2) is 44.7 Å². The fraction of sp³-hybridized carbons (Fsp3) is 0.304. The van der Waals surface area contributed by atoms with E-state index in [4.69, 9.17) is 9.72 Å². The standard InChI is InChI=1S/C23H27N3O2S/c1-4-28-19-12-8-13-20-22(19)24-23(29-20)26(17-9-16-25(2)3)21(27)15-14-18-10-6-5-7-11-18/h5-8,10-15H,4,9,16-17H2,1-3H3/p+1/b15-14+. The lowest BCUT2D eigenvalue weighted by Gasteiger charge is -2.18. The highest BCUT2D eigenvalue weighted by Crippen LogP contribution is 2.34. The second-order valence-electron chi connectivity index (χ2n) is 7.08. The van der Waals surface area contributed by atoms with Crippen molar-refractivity contribution in [2.45, 2.75) is 13.3 Å². The molecular weight excluding hydrogens is 382 g/mol. The molecule has 0 bridgehead atoms. The van der Waals surface area contributed by atoms with Gasteiger partial charge in [-0.1, -0.05) is 47.7 Å². The van der Waals surface area contributed by atoms with Crippen molar-refractivity contribution in [1.29, 1.82) is 0 Å². The van der Waals surface area contributed by atoms with E-state index in [1.165, 1.54) is 16.2 Å². The first-order valence-electron chi connectivity index (χ1n) is 9.94. The number of nitrogens with zero attached hydrogens (tertiary/aromatic N) is 2. The van der Waals surface area contributed by atoms with Gasteiger partial charge in [0.05, 0.1) is 31.9 Å². The summed E-state index contributed by atoms with van der Waals surface area (Å²) in [6, 6.07) is 15.8. The smallest absolute Gasteiger partial charge is 0.252 e. The van der Waals surface area contributed by atoms with E-state index < -0.39 is 0 Å². The average molecular weight is 411 g/mol. The predicted octanol–water partition coefficient (Wildman–Crippen LogP) is 3.28. The van der Waals surface area contributed by atoms with Gasteiger partial charge in [0, 0.05) is 19.0 Å². The normalized spacial score (nSPS) is 11.4. The summed E-state index contributed by atoms with van der Waals surface area (Å²) in [6.45, 7) is 4.16. The molecule has 3 aromatic rings. The van der Waals surface area contributed by atoms with Crippen LogP contribution in [0, 0.1) is 0 Å². The zero-order valence-corrected chi connectivity index (χ0v) is 18.0. The molecule has 0 fully saturated rings. The molecule has 0 saturated carbocycles. The molecule has 0 aliphatic rings. The third kappa shape index (κ3) is 5.65. The van der Waals surface area contributed by atoms with Crippen molar-refractivity contribution in [3.05, 3.63) is 60.2 Å². The molecule has 0 saturated heterocycles. The number of ether oxygens (including phenoxy) is 1. The summed E-state index contributed by atoms with van der Waals surface area (Å²) in [5, 5.41) is 0.712. The minimum absolute atomic E-state index is 0.0559. The molecule has 1 amide bonds. The molecule has 29 heavy (non-hydrogen) atoms. The monoisotopic (exact) mass is 410 g/mol. The van der Waals surface area contributed by atoms with Crippen molar-refractivity contribution >= 4 is 38.7 Å². The fourth-order valence-electron chi connectivity index (χ4n) is 3.01. The van der Waals surface area contributed by atoms with Gasteiger partial charge in [-0.05, 0) is 30.7 Å². The number of benzene rings is 2. The molecule has 1 aromatic heterocycles. The second kappa shape index (κ2) is 10.2. The van der Waals surface area contributed by atoms with Gasteiger partial charge in [0.2, 0.25) is 0 Å². The topological polar surface area (TPSA) is 46.9 Å². The zero-order chi connectivity index (χ0) is 20.6. The van der Waals surface area contributed by atoms with Crippen LogP contribution in [0.3, 0.4) is 0 Å². The SMILES string of the molecule is CCOc1cccc2sc(N(CCC[NH+](C)C)C(=O)/C=C/c3ccccc3)nc12. The van der Waals surface area contributed by atoms with Crippen LogP contribution in [0.2, 0.25) is 0 Å². The average Bonchev–Trinajstić information content (AvgIpc) is 3.15. The van der Waals surface area contributed by atoms with Gasteiger partial charge in [0.15, 0.2) is 5.13 Å². The zero-order valence-electron chi connectivity index (χ0n) is 17.2. The van der Waals surface area contributed by atoms with Crippen molar-refractivity contribution in [3.63, 3.8) is 0 Å². The van der Waals surface area contributed by atoms with Crippen LogP contribution in [0.4, 0.5) is 5.13 Å². The molecule has 0 spiro atoms. The van der Waals surface area contributed by atoms with Gasteiger partial charge in [-0.3, -0.25) is 9.69 Å². The summed E-state index contributed by atoms with van der Waals surface area (Å²) in [4.78, 5) is 21.0. The lowest BCUT2D eigenvalue weighted by molar-refractivity contribution is -0.858. The molecule has 0 unspecified atom stereocenters. The molecule has 5 nitrogen and oxygen atoms in total. The van der Waals surface area contributed by atoms with Gasteiger partial charge >= 0.3 is 0 Å². The van der Waals surface area contributed by atoms with Crippen molar-refractivity contribution in [1.82, 2.24) is 4.98 Å². The van der Waals surface area contributed by atoms with Crippen molar-refractivity contribution < 1.29 is 14.4 Å². The second-order valence-corrected chi connectivity index (χ2v) is 8.09. The van der Waals surface area contributed by atoms with Crippen LogP contribution in [-0.2, 0) is 4.79 Å². The number of thiazole rings is 1. The Bertz CT molecular complexity index is 967. The van der Waals surface area contributed by atoms with Crippen molar-refractivity contribution in [2.75, 3.05) is 38.7 Å². The number of amides is 1. The third-order valence-electron chi connectivity index (χ3n) is 4.44. The van der Waals surface area contributed by atoms with E-state index >= 15 is 0 Å². The van der Waals surface area contributed by atoms with Crippen LogP contribution >= 0.6 is 11.3 Å². The van der Waals surface area contributed by atoms with E-state index in [9.17, 15) is 4.79 Å². The lowest BCUT2D eigenvalue weighted by Crippen LogP contribution is -3.05. The highest BCUT2D eigenvalue weighted by molar-refractivity contribution is 7.22. The molecular formula is C23H28N3O2S+. The Morgan fingerprint density at radius 3 is 2.69 bits per heavy atom. The van der Waals surface area contributed by atoms with Crippen molar-refractivity contribution in [3.8, 4) is 5.75 Å². The quantitative estimate of drug-likeness (QED) is 0.551. The summed E-state index contributed by atoms with van der Waals surface area (Å²) in [5.41, 5.74) is 1.82. The molecule has 152 valence electrons.